The number of likely N-dealkylation sites (tertiary alicyclic amines) is 1. The van der Waals surface area contributed by atoms with E-state index < -0.39 is 5.60 Å². The van der Waals surface area contributed by atoms with Gasteiger partial charge in [-0.2, -0.15) is 0 Å². The van der Waals surface area contributed by atoms with Crippen LogP contribution in [0.5, 0.6) is 0 Å². The van der Waals surface area contributed by atoms with Gasteiger partial charge in [-0.15, -0.1) is 0 Å². The highest BCUT2D eigenvalue weighted by atomic mass is 16.3. The summed E-state index contributed by atoms with van der Waals surface area (Å²) in [4.78, 5) is 2.56. The van der Waals surface area contributed by atoms with E-state index in [1.54, 1.807) is 0 Å². The third-order valence-electron chi connectivity index (χ3n) is 5.70. The lowest BCUT2D eigenvalue weighted by atomic mass is 9.80. The van der Waals surface area contributed by atoms with Gasteiger partial charge in [0.1, 0.15) is 0 Å². The van der Waals surface area contributed by atoms with E-state index in [1.165, 1.54) is 17.5 Å². The molecule has 4 rings (SSSR count). The Morgan fingerprint density at radius 3 is 2.39 bits per heavy atom. The summed E-state index contributed by atoms with van der Waals surface area (Å²) >= 11 is 0. The molecule has 1 saturated heterocycles. The van der Waals surface area contributed by atoms with Crippen molar-refractivity contribution in [1.82, 2.24) is 4.90 Å². The van der Waals surface area contributed by atoms with Crippen molar-refractivity contribution < 1.29 is 5.11 Å². The average molecular weight is 307 g/mol. The molecule has 0 amide bonds. The van der Waals surface area contributed by atoms with Crippen LogP contribution in [0, 0.1) is 0 Å². The Balaban J connectivity index is 1.68. The Morgan fingerprint density at radius 2 is 1.65 bits per heavy atom. The normalized spacial score (nSPS) is 31.0. The van der Waals surface area contributed by atoms with Crippen LogP contribution in [0.25, 0.3) is 0 Å². The lowest BCUT2D eigenvalue weighted by molar-refractivity contribution is -0.0276. The number of hydrogen-bond donors (Lipinski definition) is 1. The summed E-state index contributed by atoms with van der Waals surface area (Å²) in [5.74, 6) is 0. The number of benzene rings is 2. The standard InChI is InChI=1S/C21H25NO/c23-21-14-8-7-13-20(21)22(16-17-9-3-1-4-10-17)19(15-21)18-11-5-2-6-12-18/h1-6,9-12,19-20,23H,7-8,13-16H2/t19-,20+,21-/m0/s1. The van der Waals surface area contributed by atoms with E-state index >= 15 is 0 Å². The van der Waals surface area contributed by atoms with Gasteiger partial charge in [0.05, 0.1) is 5.60 Å². The third kappa shape index (κ3) is 2.82. The summed E-state index contributed by atoms with van der Waals surface area (Å²) < 4.78 is 0. The second-order valence-corrected chi connectivity index (χ2v) is 7.15. The van der Waals surface area contributed by atoms with Crippen LogP contribution in [-0.4, -0.2) is 21.6 Å². The molecule has 1 N–H and O–H groups in total. The van der Waals surface area contributed by atoms with Gasteiger partial charge in [-0.25, -0.2) is 0 Å². The Morgan fingerprint density at radius 1 is 0.957 bits per heavy atom. The van der Waals surface area contributed by atoms with E-state index in [0.29, 0.717) is 12.1 Å². The van der Waals surface area contributed by atoms with Crippen LogP contribution >= 0.6 is 0 Å². The van der Waals surface area contributed by atoms with E-state index in [1.807, 2.05) is 0 Å². The SMILES string of the molecule is O[C@]12CCCC[C@H]1N(Cc1ccccc1)[C@H](c1ccccc1)C2. The summed E-state index contributed by atoms with van der Waals surface area (Å²) in [7, 11) is 0. The van der Waals surface area contributed by atoms with Crippen molar-refractivity contribution in [2.24, 2.45) is 0 Å². The van der Waals surface area contributed by atoms with Gasteiger partial charge in [0.25, 0.3) is 0 Å². The van der Waals surface area contributed by atoms with Gasteiger partial charge in [-0.3, -0.25) is 4.90 Å². The number of rotatable bonds is 3. The van der Waals surface area contributed by atoms with Crippen molar-refractivity contribution in [3.63, 3.8) is 0 Å². The first-order valence-electron chi connectivity index (χ1n) is 8.83. The smallest absolute Gasteiger partial charge is 0.0820 e. The first-order chi connectivity index (χ1) is 11.3. The largest absolute Gasteiger partial charge is 0.388 e. The maximum Gasteiger partial charge on any atom is 0.0820 e. The fraction of sp³-hybridized carbons (Fsp3) is 0.429. The summed E-state index contributed by atoms with van der Waals surface area (Å²) in [5.41, 5.74) is 2.17. The van der Waals surface area contributed by atoms with Gasteiger partial charge in [0.2, 0.25) is 0 Å². The second-order valence-electron chi connectivity index (χ2n) is 7.15. The summed E-state index contributed by atoms with van der Waals surface area (Å²) in [6, 6.07) is 22.0. The lowest BCUT2D eigenvalue weighted by Crippen LogP contribution is -2.46. The summed E-state index contributed by atoms with van der Waals surface area (Å²) in [6.45, 7) is 0.924. The monoisotopic (exact) mass is 307 g/mol. The van der Waals surface area contributed by atoms with Crippen molar-refractivity contribution in [3.05, 3.63) is 71.8 Å². The topological polar surface area (TPSA) is 23.5 Å². The molecule has 2 heteroatoms. The maximum absolute atomic E-state index is 11.2. The molecule has 2 aromatic carbocycles. The second kappa shape index (κ2) is 6.10. The highest BCUT2D eigenvalue weighted by Gasteiger charge is 2.51. The minimum atomic E-state index is -0.506. The molecular formula is C21H25NO. The van der Waals surface area contributed by atoms with Crippen molar-refractivity contribution in [1.29, 1.82) is 0 Å². The zero-order valence-electron chi connectivity index (χ0n) is 13.6. The third-order valence-corrected chi connectivity index (χ3v) is 5.70. The van der Waals surface area contributed by atoms with E-state index in [2.05, 4.69) is 65.6 Å². The molecule has 1 aliphatic heterocycles. The Labute approximate surface area is 138 Å². The zero-order valence-corrected chi connectivity index (χ0v) is 13.6. The lowest BCUT2D eigenvalue weighted by Gasteiger charge is -2.38. The molecule has 120 valence electrons. The zero-order chi connectivity index (χ0) is 15.7. The van der Waals surface area contributed by atoms with Gasteiger partial charge in [0.15, 0.2) is 0 Å². The first-order valence-corrected chi connectivity index (χ1v) is 8.83. The van der Waals surface area contributed by atoms with Gasteiger partial charge < -0.3 is 5.11 Å². The average Bonchev–Trinajstić information content (AvgIpc) is 2.89. The molecule has 23 heavy (non-hydrogen) atoms. The Bertz CT molecular complexity index is 641. The van der Waals surface area contributed by atoms with Crippen molar-refractivity contribution in [2.45, 2.75) is 56.3 Å². The number of fused-ring (bicyclic) bond motifs is 1. The quantitative estimate of drug-likeness (QED) is 0.913. The van der Waals surface area contributed by atoms with Crippen LogP contribution in [0.3, 0.4) is 0 Å². The van der Waals surface area contributed by atoms with Crippen LogP contribution < -0.4 is 0 Å². The highest BCUT2D eigenvalue weighted by molar-refractivity contribution is 5.25. The van der Waals surface area contributed by atoms with Crippen LogP contribution in [0.4, 0.5) is 0 Å². The summed E-state index contributed by atoms with van der Waals surface area (Å²) in [6.07, 6.45) is 5.33. The van der Waals surface area contributed by atoms with E-state index in [0.717, 1.165) is 32.2 Å². The Hall–Kier alpha value is -1.64. The molecule has 1 aliphatic carbocycles. The number of aliphatic hydroxyl groups is 1. The predicted octanol–water partition coefficient (Wildman–Crippen LogP) is 4.31. The molecule has 0 unspecified atom stereocenters. The van der Waals surface area contributed by atoms with Crippen LogP contribution in [-0.2, 0) is 6.54 Å². The summed E-state index contributed by atoms with van der Waals surface area (Å²) in [5, 5.41) is 11.2. The highest BCUT2D eigenvalue weighted by Crippen LogP contribution is 2.49. The molecule has 2 fully saturated rings. The Kier molecular flexibility index (Phi) is 3.96. The van der Waals surface area contributed by atoms with Crippen LogP contribution in [0.2, 0.25) is 0 Å². The van der Waals surface area contributed by atoms with Crippen molar-refractivity contribution in [3.8, 4) is 0 Å². The molecule has 1 heterocycles. The minimum absolute atomic E-state index is 0.293. The molecule has 0 aromatic heterocycles. The molecule has 2 aliphatic rings. The predicted molar refractivity (Wildman–Crippen MR) is 93.0 cm³/mol. The van der Waals surface area contributed by atoms with Crippen molar-refractivity contribution in [2.75, 3.05) is 0 Å². The molecular weight excluding hydrogens is 282 g/mol. The molecule has 2 aromatic rings. The van der Waals surface area contributed by atoms with Gasteiger partial charge in [-0.05, 0) is 30.4 Å². The van der Waals surface area contributed by atoms with Gasteiger partial charge in [0, 0.05) is 18.6 Å². The molecule has 2 nitrogen and oxygen atoms in total. The maximum atomic E-state index is 11.2. The number of nitrogens with zero attached hydrogens (tertiary/aromatic N) is 1. The number of hydrogen-bond acceptors (Lipinski definition) is 2. The van der Waals surface area contributed by atoms with Crippen molar-refractivity contribution >= 4 is 0 Å². The minimum Gasteiger partial charge on any atom is -0.388 e. The fourth-order valence-corrected chi connectivity index (χ4v) is 4.59. The first kappa shape index (κ1) is 14.9. The molecule has 0 spiro atoms. The molecule has 1 saturated carbocycles. The van der Waals surface area contributed by atoms with Gasteiger partial charge >= 0.3 is 0 Å². The van der Waals surface area contributed by atoms with Crippen LogP contribution in [0.15, 0.2) is 60.7 Å². The van der Waals surface area contributed by atoms with E-state index in [4.69, 9.17) is 0 Å². The molecule has 0 bridgehead atoms. The van der Waals surface area contributed by atoms with Crippen LogP contribution in [0.1, 0.15) is 49.3 Å². The fourth-order valence-electron chi connectivity index (χ4n) is 4.59. The molecule has 3 atom stereocenters. The van der Waals surface area contributed by atoms with Gasteiger partial charge in [-0.1, -0.05) is 73.5 Å². The van der Waals surface area contributed by atoms with E-state index in [9.17, 15) is 5.11 Å². The van der Waals surface area contributed by atoms with E-state index in [-0.39, 0.29) is 0 Å². The molecule has 0 radical (unpaired) electrons.